The number of hydrogen-bond donors (Lipinski definition) is 0. The minimum absolute atomic E-state index is 0.0405. The number of allylic oxidation sites excluding steroid dienone is 1. The molecule has 0 saturated heterocycles. The van der Waals surface area contributed by atoms with Crippen molar-refractivity contribution in [3.63, 3.8) is 0 Å². The second kappa shape index (κ2) is 7.09. The normalized spacial score (nSPS) is 13.9. The summed E-state index contributed by atoms with van der Waals surface area (Å²) in [5.41, 5.74) is 0.900. The number of non-ortho nitro benzene ring substituents is 1. The third-order valence-corrected chi connectivity index (χ3v) is 4.83. The average molecular weight is 393 g/mol. The van der Waals surface area contributed by atoms with Gasteiger partial charge in [0.1, 0.15) is 16.4 Å². The quantitative estimate of drug-likeness (QED) is 0.213. The molecule has 3 aromatic rings. The molecule has 0 saturated carbocycles. The third-order valence-electron chi connectivity index (χ3n) is 3.98. The lowest BCUT2D eigenvalue weighted by Gasteiger charge is -2.04. The van der Waals surface area contributed by atoms with Crippen molar-refractivity contribution >= 4 is 34.9 Å². The second-order valence-corrected chi connectivity index (χ2v) is 6.76. The summed E-state index contributed by atoms with van der Waals surface area (Å²) in [5.74, 6) is -0.160. The number of thiophene rings is 1. The van der Waals surface area contributed by atoms with Crippen LogP contribution in [0, 0.1) is 10.1 Å². The van der Waals surface area contributed by atoms with Crippen LogP contribution < -0.4 is 9.47 Å². The molecule has 0 radical (unpaired) electrons. The van der Waals surface area contributed by atoms with Crippen LogP contribution in [-0.2, 0) is 0 Å². The molecule has 8 heteroatoms. The van der Waals surface area contributed by atoms with Gasteiger partial charge in [-0.15, -0.1) is 11.3 Å². The van der Waals surface area contributed by atoms with Crippen LogP contribution in [0.3, 0.4) is 0 Å². The molecule has 28 heavy (non-hydrogen) atoms. The van der Waals surface area contributed by atoms with E-state index in [0.29, 0.717) is 16.0 Å². The van der Waals surface area contributed by atoms with Gasteiger partial charge in [-0.3, -0.25) is 14.9 Å². The highest BCUT2D eigenvalue weighted by Gasteiger charge is 2.28. The van der Waals surface area contributed by atoms with Crippen LogP contribution in [0.25, 0.3) is 6.08 Å². The molecular weight excluding hydrogens is 382 g/mol. The SMILES string of the molecule is O=C(Oc1ccc2c(c1)OC(=Cc1ccc([N+](=O)[O-])cc1)C2=O)c1cccs1. The van der Waals surface area contributed by atoms with E-state index < -0.39 is 10.9 Å². The zero-order valence-electron chi connectivity index (χ0n) is 14.2. The first-order valence-corrected chi connectivity index (χ1v) is 8.98. The molecule has 138 valence electrons. The predicted molar refractivity (Wildman–Crippen MR) is 102 cm³/mol. The monoisotopic (exact) mass is 393 g/mol. The van der Waals surface area contributed by atoms with E-state index in [2.05, 4.69) is 0 Å². The summed E-state index contributed by atoms with van der Waals surface area (Å²) in [7, 11) is 0. The van der Waals surface area contributed by atoms with Crippen molar-refractivity contribution in [2.24, 2.45) is 0 Å². The number of carbonyl (C=O) groups is 2. The molecular formula is C20H11NO6S. The fourth-order valence-electron chi connectivity index (χ4n) is 2.63. The van der Waals surface area contributed by atoms with E-state index in [1.54, 1.807) is 17.5 Å². The molecule has 0 fully saturated rings. The molecule has 4 rings (SSSR count). The molecule has 2 aromatic carbocycles. The Morgan fingerprint density at radius 1 is 1.14 bits per heavy atom. The van der Waals surface area contributed by atoms with Crippen LogP contribution in [-0.4, -0.2) is 16.7 Å². The first-order valence-electron chi connectivity index (χ1n) is 8.10. The van der Waals surface area contributed by atoms with E-state index in [-0.39, 0.29) is 28.7 Å². The Bertz CT molecular complexity index is 1120. The number of carbonyl (C=O) groups excluding carboxylic acids is 2. The number of Topliss-reactive ketones (excluding diaryl/α,β-unsaturated/α-hetero) is 1. The molecule has 1 aromatic heterocycles. The standard InChI is InChI=1S/C20H11NO6S/c22-19-15-8-7-14(26-20(23)18-2-1-9-28-18)11-16(15)27-17(19)10-12-3-5-13(6-4-12)21(24)25/h1-11H. The number of benzene rings is 2. The van der Waals surface area contributed by atoms with E-state index >= 15 is 0 Å². The topological polar surface area (TPSA) is 95.7 Å². The number of nitro groups is 1. The van der Waals surface area contributed by atoms with Gasteiger partial charge < -0.3 is 9.47 Å². The zero-order valence-corrected chi connectivity index (χ0v) is 15.0. The van der Waals surface area contributed by atoms with E-state index in [4.69, 9.17) is 9.47 Å². The number of nitrogens with zero attached hydrogens (tertiary/aromatic N) is 1. The minimum atomic E-state index is -0.497. The molecule has 1 aliphatic heterocycles. The average Bonchev–Trinajstić information content (AvgIpc) is 3.31. The predicted octanol–water partition coefficient (Wildman–Crippen LogP) is 4.49. The Kier molecular flexibility index (Phi) is 4.46. The molecule has 0 N–H and O–H groups in total. The van der Waals surface area contributed by atoms with Crippen molar-refractivity contribution in [1.29, 1.82) is 0 Å². The van der Waals surface area contributed by atoms with E-state index in [1.807, 2.05) is 0 Å². The molecule has 0 atom stereocenters. The van der Waals surface area contributed by atoms with E-state index in [9.17, 15) is 19.7 Å². The molecule has 0 bridgehead atoms. The fraction of sp³-hybridized carbons (Fsp3) is 0. The lowest BCUT2D eigenvalue weighted by molar-refractivity contribution is -0.384. The zero-order chi connectivity index (χ0) is 19.7. The molecule has 0 amide bonds. The van der Waals surface area contributed by atoms with Crippen molar-refractivity contribution in [3.05, 3.63) is 91.9 Å². The van der Waals surface area contributed by atoms with E-state index in [1.165, 1.54) is 59.9 Å². The number of ether oxygens (including phenoxy) is 2. The highest BCUT2D eigenvalue weighted by Crippen LogP contribution is 2.35. The smallest absolute Gasteiger partial charge is 0.353 e. The van der Waals surface area contributed by atoms with Crippen molar-refractivity contribution in [3.8, 4) is 11.5 Å². The minimum Gasteiger partial charge on any atom is -0.452 e. The largest absolute Gasteiger partial charge is 0.452 e. The Labute approximate surface area is 162 Å². The number of fused-ring (bicyclic) bond motifs is 1. The number of esters is 1. The summed E-state index contributed by atoms with van der Waals surface area (Å²) in [6, 6.07) is 13.7. The third kappa shape index (κ3) is 3.40. The highest BCUT2D eigenvalue weighted by molar-refractivity contribution is 7.12. The van der Waals surface area contributed by atoms with Gasteiger partial charge >= 0.3 is 5.97 Å². The molecule has 2 heterocycles. The summed E-state index contributed by atoms with van der Waals surface area (Å²) >= 11 is 1.27. The van der Waals surface area contributed by atoms with Crippen LogP contribution >= 0.6 is 11.3 Å². The summed E-state index contributed by atoms with van der Waals surface area (Å²) in [4.78, 5) is 35.2. The van der Waals surface area contributed by atoms with Gasteiger partial charge in [0.25, 0.3) is 5.69 Å². The maximum atomic E-state index is 12.5. The fourth-order valence-corrected chi connectivity index (χ4v) is 3.23. The number of hydrogen-bond acceptors (Lipinski definition) is 7. The number of ketones is 1. The van der Waals surface area contributed by atoms with E-state index in [0.717, 1.165) is 0 Å². The Morgan fingerprint density at radius 2 is 1.93 bits per heavy atom. The van der Waals surface area contributed by atoms with Crippen molar-refractivity contribution in [1.82, 2.24) is 0 Å². The molecule has 1 aliphatic rings. The van der Waals surface area contributed by atoms with Crippen molar-refractivity contribution in [2.45, 2.75) is 0 Å². The van der Waals surface area contributed by atoms with Crippen molar-refractivity contribution < 1.29 is 24.0 Å². The van der Waals surface area contributed by atoms with Gasteiger partial charge in [-0.25, -0.2) is 4.79 Å². The van der Waals surface area contributed by atoms with Gasteiger partial charge in [0, 0.05) is 18.2 Å². The molecule has 0 unspecified atom stereocenters. The Hall–Kier alpha value is -3.78. The molecule has 0 spiro atoms. The summed E-state index contributed by atoms with van der Waals surface area (Å²) in [6.07, 6.45) is 1.50. The van der Waals surface area contributed by atoms with Crippen LogP contribution in [0.15, 0.2) is 65.7 Å². The van der Waals surface area contributed by atoms with Crippen LogP contribution in [0.4, 0.5) is 5.69 Å². The lowest BCUT2D eigenvalue weighted by Crippen LogP contribution is -2.06. The maximum absolute atomic E-state index is 12.5. The Morgan fingerprint density at radius 3 is 2.61 bits per heavy atom. The van der Waals surface area contributed by atoms with Crippen molar-refractivity contribution in [2.75, 3.05) is 0 Å². The summed E-state index contributed by atoms with van der Waals surface area (Å²) in [5, 5.41) is 12.5. The van der Waals surface area contributed by atoms with Gasteiger partial charge in [-0.05, 0) is 47.4 Å². The Balaban J connectivity index is 1.54. The van der Waals surface area contributed by atoms with Gasteiger partial charge in [-0.1, -0.05) is 6.07 Å². The van der Waals surface area contributed by atoms with Crippen LogP contribution in [0.1, 0.15) is 25.6 Å². The number of rotatable bonds is 4. The lowest BCUT2D eigenvalue weighted by atomic mass is 10.1. The van der Waals surface area contributed by atoms with Gasteiger partial charge in [0.2, 0.25) is 5.78 Å². The molecule has 0 aliphatic carbocycles. The molecule has 7 nitrogen and oxygen atoms in total. The summed E-state index contributed by atoms with van der Waals surface area (Å²) in [6.45, 7) is 0. The first kappa shape index (κ1) is 17.6. The second-order valence-electron chi connectivity index (χ2n) is 5.81. The first-order chi connectivity index (χ1) is 13.5. The number of nitro benzene ring substituents is 1. The summed E-state index contributed by atoms with van der Waals surface area (Å²) < 4.78 is 10.9. The van der Waals surface area contributed by atoms with Gasteiger partial charge in [-0.2, -0.15) is 0 Å². The maximum Gasteiger partial charge on any atom is 0.353 e. The van der Waals surface area contributed by atoms with Crippen LogP contribution in [0.5, 0.6) is 11.5 Å². The van der Waals surface area contributed by atoms with Gasteiger partial charge in [0.15, 0.2) is 5.76 Å². The van der Waals surface area contributed by atoms with Crippen LogP contribution in [0.2, 0.25) is 0 Å². The van der Waals surface area contributed by atoms with Gasteiger partial charge in [0.05, 0.1) is 10.5 Å². The highest BCUT2D eigenvalue weighted by atomic mass is 32.1.